The second kappa shape index (κ2) is 7.82. The third-order valence-corrected chi connectivity index (χ3v) is 4.27. The van der Waals surface area contributed by atoms with Crippen molar-refractivity contribution >= 4 is 32.7 Å². The maximum atomic E-state index is 12.1. The van der Waals surface area contributed by atoms with Crippen molar-refractivity contribution in [2.75, 3.05) is 16.6 Å². The smallest absolute Gasteiger partial charge is 0.357 e. The largest absolute Gasteiger partial charge is 0.446 e. The Morgan fingerprint density at radius 1 is 1.33 bits per heavy atom. The van der Waals surface area contributed by atoms with Crippen molar-refractivity contribution in [3.8, 4) is 0 Å². The summed E-state index contributed by atoms with van der Waals surface area (Å²) in [6, 6.07) is 5.23. The molecule has 0 fully saturated rings. The van der Waals surface area contributed by atoms with Gasteiger partial charge in [0.2, 0.25) is 5.88 Å². The molecule has 1 amide bonds. The number of nitrogens with zero attached hydrogens (tertiary/aromatic N) is 1. The van der Waals surface area contributed by atoms with Crippen LogP contribution in [0.25, 0.3) is 0 Å². The van der Waals surface area contributed by atoms with Gasteiger partial charge in [-0.3, -0.25) is 9.52 Å². The molecule has 0 spiro atoms. The Hall–Kier alpha value is -2.55. The first-order valence-electron chi connectivity index (χ1n) is 7.51. The number of pyridine rings is 1. The maximum Gasteiger partial charge on any atom is 0.357 e. The van der Waals surface area contributed by atoms with Crippen LogP contribution in [-0.4, -0.2) is 25.2 Å². The van der Waals surface area contributed by atoms with Crippen molar-refractivity contribution in [1.29, 1.82) is 0 Å². The van der Waals surface area contributed by atoms with E-state index >= 15 is 0 Å². The molecule has 3 N–H and O–H groups in total. The highest BCUT2D eigenvalue weighted by Gasteiger charge is 2.25. The normalized spacial score (nSPS) is 11.1. The van der Waals surface area contributed by atoms with E-state index < -0.39 is 15.3 Å². The molecular weight excluding hydrogens is 332 g/mol. The van der Waals surface area contributed by atoms with Gasteiger partial charge >= 0.3 is 15.3 Å². The van der Waals surface area contributed by atoms with E-state index in [2.05, 4.69) is 20.3 Å². The quantitative estimate of drug-likeness (QED) is 0.660. The maximum absolute atomic E-state index is 12.1. The van der Waals surface area contributed by atoms with Crippen LogP contribution in [0.1, 0.15) is 25.3 Å². The van der Waals surface area contributed by atoms with Gasteiger partial charge in [-0.25, -0.2) is 4.98 Å². The lowest BCUT2D eigenvalue weighted by molar-refractivity contribution is 0.258. The number of aromatic nitrogens is 1. The zero-order valence-electron chi connectivity index (χ0n) is 13.5. The first-order chi connectivity index (χ1) is 11.4. The molecule has 0 aliphatic heterocycles. The molecule has 130 valence electrons. The van der Waals surface area contributed by atoms with Gasteiger partial charge in [0, 0.05) is 18.3 Å². The first-order valence-corrected chi connectivity index (χ1v) is 8.99. The van der Waals surface area contributed by atoms with E-state index in [0.29, 0.717) is 24.3 Å². The molecule has 0 atom stereocenters. The summed E-state index contributed by atoms with van der Waals surface area (Å²) in [5.41, 5.74) is 0.713. The number of nitrogens with one attached hydrogen (secondary N) is 3. The van der Waals surface area contributed by atoms with Crippen molar-refractivity contribution in [2.45, 2.75) is 26.7 Å². The van der Waals surface area contributed by atoms with Gasteiger partial charge in [-0.1, -0.05) is 19.4 Å². The summed E-state index contributed by atoms with van der Waals surface area (Å²) in [6.07, 6.45) is 4.53. The van der Waals surface area contributed by atoms with Crippen LogP contribution in [0.3, 0.4) is 0 Å². The molecule has 2 rings (SSSR count). The van der Waals surface area contributed by atoms with Crippen molar-refractivity contribution in [3.63, 3.8) is 0 Å². The van der Waals surface area contributed by atoms with Crippen LogP contribution in [0, 0.1) is 6.92 Å². The summed E-state index contributed by atoms with van der Waals surface area (Å²) in [7, 11) is -4.22. The summed E-state index contributed by atoms with van der Waals surface area (Å²) in [5.74, 6) is 0.649. The second-order valence-electron chi connectivity index (χ2n) is 5.14. The number of carbonyl (C=O) groups is 1. The molecule has 0 bridgehead atoms. The number of sulfonamides is 1. The number of anilines is 3. The monoisotopic (exact) mass is 352 g/mol. The summed E-state index contributed by atoms with van der Waals surface area (Å²) in [6.45, 7) is 3.92. The molecule has 2 aromatic rings. The fourth-order valence-corrected chi connectivity index (χ4v) is 2.77. The fraction of sp³-hybridized carbons (Fsp3) is 0.333. The SMILES string of the molecule is CCCCNC(=O)S(=O)(=O)Nc1c(C)coc1Nc1ccccn1. The van der Waals surface area contributed by atoms with Crippen LogP contribution in [0.2, 0.25) is 0 Å². The minimum absolute atomic E-state index is 0.163. The number of unbranched alkanes of at least 4 members (excludes halogenated alkanes) is 1. The molecule has 0 unspecified atom stereocenters. The number of hydrogen-bond donors (Lipinski definition) is 3. The molecule has 8 nitrogen and oxygen atoms in total. The number of aryl methyl sites for hydroxylation is 1. The Morgan fingerprint density at radius 3 is 2.79 bits per heavy atom. The van der Waals surface area contributed by atoms with Gasteiger partial charge in [0.1, 0.15) is 11.5 Å². The highest BCUT2D eigenvalue weighted by Crippen LogP contribution is 2.31. The van der Waals surface area contributed by atoms with Crippen LogP contribution in [0.15, 0.2) is 35.1 Å². The minimum atomic E-state index is -4.22. The topological polar surface area (TPSA) is 113 Å². The second-order valence-corrected chi connectivity index (χ2v) is 6.72. The molecule has 0 aliphatic carbocycles. The lowest BCUT2D eigenvalue weighted by Gasteiger charge is -2.10. The molecule has 0 aromatic carbocycles. The average Bonchev–Trinajstić information content (AvgIpc) is 2.88. The van der Waals surface area contributed by atoms with Crippen molar-refractivity contribution in [2.24, 2.45) is 0 Å². The summed E-state index contributed by atoms with van der Waals surface area (Å²) in [5, 5.41) is 4.17. The molecule has 2 heterocycles. The summed E-state index contributed by atoms with van der Waals surface area (Å²) < 4.78 is 31.9. The van der Waals surface area contributed by atoms with E-state index in [1.165, 1.54) is 6.26 Å². The van der Waals surface area contributed by atoms with Crippen LogP contribution in [-0.2, 0) is 10.0 Å². The Kier molecular flexibility index (Phi) is 5.80. The number of hydrogen-bond acceptors (Lipinski definition) is 6. The minimum Gasteiger partial charge on any atom is -0.446 e. The molecule has 24 heavy (non-hydrogen) atoms. The van der Waals surface area contributed by atoms with Gasteiger partial charge in [-0.15, -0.1) is 0 Å². The number of furan rings is 1. The molecular formula is C15H20N4O4S. The predicted molar refractivity (Wildman–Crippen MR) is 91.8 cm³/mol. The molecule has 0 aliphatic rings. The molecule has 0 saturated heterocycles. The summed E-state index contributed by atoms with van der Waals surface area (Å²) in [4.78, 5) is 15.9. The van der Waals surface area contributed by atoms with Crippen molar-refractivity contribution in [3.05, 3.63) is 36.2 Å². The van der Waals surface area contributed by atoms with E-state index in [0.717, 1.165) is 6.42 Å². The standard InChI is InChI=1S/C15H20N4O4S/c1-3-4-8-17-15(20)24(21,22)19-13-11(2)10-23-14(13)18-12-7-5-6-9-16-12/h5-7,9-10,19H,3-4,8H2,1-2H3,(H,16,18)(H,17,20). The average molecular weight is 352 g/mol. The lowest BCUT2D eigenvalue weighted by Crippen LogP contribution is -2.34. The number of carbonyl (C=O) groups excluding carboxylic acids is 1. The van der Waals surface area contributed by atoms with Crippen LogP contribution >= 0.6 is 0 Å². The Morgan fingerprint density at radius 2 is 2.12 bits per heavy atom. The van der Waals surface area contributed by atoms with Crippen LogP contribution in [0.4, 0.5) is 22.2 Å². The van der Waals surface area contributed by atoms with E-state index in [4.69, 9.17) is 4.42 Å². The first kappa shape index (κ1) is 17.8. The van der Waals surface area contributed by atoms with Gasteiger partial charge in [-0.2, -0.15) is 8.42 Å². The Balaban J connectivity index is 2.14. The Labute approximate surface area is 140 Å². The van der Waals surface area contributed by atoms with Crippen molar-refractivity contribution in [1.82, 2.24) is 10.3 Å². The third kappa shape index (κ3) is 4.48. The van der Waals surface area contributed by atoms with Gasteiger partial charge in [0.15, 0.2) is 0 Å². The molecule has 0 saturated carbocycles. The Bertz CT molecular complexity index is 787. The molecule has 2 aromatic heterocycles. The predicted octanol–water partition coefficient (Wildman–Crippen LogP) is 2.98. The van der Waals surface area contributed by atoms with Crippen LogP contribution in [0.5, 0.6) is 0 Å². The van der Waals surface area contributed by atoms with E-state index in [1.807, 2.05) is 6.92 Å². The van der Waals surface area contributed by atoms with E-state index in [9.17, 15) is 13.2 Å². The lowest BCUT2D eigenvalue weighted by atomic mass is 10.3. The number of rotatable bonds is 7. The van der Waals surface area contributed by atoms with Crippen molar-refractivity contribution < 1.29 is 17.6 Å². The van der Waals surface area contributed by atoms with Gasteiger partial charge in [-0.05, 0) is 25.5 Å². The zero-order chi connectivity index (χ0) is 17.6. The third-order valence-electron chi connectivity index (χ3n) is 3.16. The zero-order valence-corrected chi connectivity index (χ0v) is 14.3. The van der Waals surface area contributed by atoms with Gasteiger partial charge < -0.3 is 15.1 Å². The van der Waals surface area contributed by atoms with Crippen LogP contribution < -0.4 is 15.4 Å². The summed E-state index contributed by atoms with van der Waals surface area (Å²) >= 11 is 0. The molecule has 9 heteroatoms. The van der Waals surface area contributed by atoms with E-state index in [1.54, 1.807) is 31.3 Å². The highest BCUT2D eigenvalue weighted by atomic mass is 32.2. The van der Waals surface area contributed by atoms with Gasteiger partial charge in [0.05, 0.1) is 6.26 Å². The van der Waals surface area contributed by atoms with Gasteiger partial charge in [0.25, 0.3) is 0 Å². The number of amides is 1. The molecule has 0 radical (unpaired) electrons. The fourth-order valence-electron chi connectivity index (χ4n) is 1.86. The van der Waals surface area contributed by atoms with E-state index in [-0.39, 0.29) is 11.6 Å². The highest BCUT2D eigenvalue weighted by molar-refractivity contribution is 8.07.